The van der Waals surface area contributed by atoms with E-state index in [1.807, 2.05) is 18.2 Å². The van der Waals surface area contributed by atoms with E-state index >= 15 is 0 Å². The summed E-state index contributed by atoms with van der Waals surface area (Å²) >= 11 is 0. The van der Waals surface area contributed by atoms with Crippen LogP contribution in [-0.4, -0.2) is 28.2 Å². The lowest BCUT2D eigenvalue weighted by atomic mass is 9.91. The van der Waals surface area contributed by atoms with Gasteiger partial charge in [0.1, 0.15) is 6.67 Å². The van der Waals surface area contributed by atoms with Crippen LogP contribution in [-0.2, 0) is 15.6 Å². The number of carboxylic acids is 1. The molecule has 0 heterocycles. The number of hydrogen-bond donors (Lipinski definition) is 1. The second kappa shape index (κ2) is 7.15. The number of rotatable bonds is 5. The first kappa shape index (κ1) is 17.3. The Morgan fingerprint density at radius 2 is 1.80 bits per heavy atom. The maximum atomic E-state index is 13.7. The Morgan fingerprint density at radius 3 is 2.40 bits per heavy atom. The smallest absolute Gasteiger partial charge is 0.332 e. The number of aliphatic carboxylic acids is 1. The van der Waals surface area contributed by atoms with Crippen molar-refractivity contribution in [2.45, 2.75) is 5.92 Å². The molecule has 3 rings (SSSR count). The Bertz CT molecular complexity index is 900. The van der Waals surface area contributed by atoms with E-state index in [2.05, 4.69) is 0 Å². The highest BCUT2D eigenvalue weighted by atomic mass is 32.2. The molecule has 0 fully saturated rings. The second-order valence-electron chi connectivity index (χ2n) is 5.77. The zero-order valence-electron chi connectivity index (χ0n) is 13.6. The number of carboxylic acid groups (broad SMARTS) is 1. The minimum atomic E-state index is -1.49. The summed E-state index contributed by atoms with van der Waals surface area (Å²) in [6, 6.07) is 16.1. The van der Waals surface area contributed by atoms with Crippen molar-refractivity contribution in [3.63, 3.8) is 0 Å². The molecule has 2 unspecified atom stereocenters. The van der Waals surface area contributed by atoms with Gasteiger partial charge in [0, 0.05) is 27.5 Å². The van der Waals surface area contributed by atoms with E-state index in [1.165, 1.54) is 6.26 Å². The summed E-state index contributed by atoms with van der Waals surface area (Å²) in [5, 5.41) is 9.80. The van der Waals surface area contributed by atoms with Gasteiger partial charge in [-0.1, -0.05) is 54.6 Å². The fraction of sp³-hybridized carbons (Fsp3) is 0.150. The molecule has 0 aliphatic heterocycles. The van der Waals surface area contributed by atoms with Gasteiger partial charge in [-0.3, -0.25) is 4.21 Å². The lowest BCUT2D eigenvalue weighted by Crippen LogP contribution is -2.14. The predicted molar refractivity (Wildman–Crippen MR) is 98.2 cm³/mol. The summed E-state index contributed by atoms with van der Waals surface area (Å²) in [4.78, 5) is 12.3. The number of fused-ring (bicyclic) bond motifs is 1. The molecule has 128 valence electrons. The molecule has 0 spiro atoms. The first-order valence-corrected chi connectivity index (χ1v) is 9.32. The molecule has 1 aliphatic carbocycles. The number of benzene rings is 2. The molecule has 0 amide bonds. The maximum absolute atomic E-state index is 13.7. The van der Waals surface area contributed by atoms with Gasteiger partial charge in [-0.05, 0) is 22.8 Å². The molecule has 3 nitrogen and oxygen atoms in total. The Hall–Kier alpha value is -2.53. The maximum Gasteiger partial charge on any atom is 0.332 e. The van der Waals surface area contributed by atoms with Crippen molar-refractivity contribution in [2.75, 3.05) is 12.9 Å². The molecule has 2 aromatic carbocycles. The zero-order chi connectivity index (χ0) is 18.0. The molecule has 1 N–H and O–H groups in total. The summed E-state index contributed by atoms with van der Waals surface area (Å²) in [6.45, 7) is -0.777. The monoisotopic (exact) mass is 356 g/mol. The zero-order valence-corrected chi connectivity index (χ0v) is 14.4. The van der Waals surface area contributed by atoms with Crippen LogP contribution in [0.1, 0.15) is 22.6 Å². The molecule has 0 saturated carbocycles. The Labute approximate surface area is 148 Å². The van der Waals surface area contributed by atoms with Gasteiger partial charge in [0.15, 0.2) is 0 Å². The first-order chi connectivity index (χ1) is 12.0. The molecule has 5 heteroatoms. The van der Waals surface area contributed by atoms with Crippen molar-refractivity contribution >= 4 is 28.4 Å². The minimum absolute atomic E-state index is 0.0901. The number of hydrogen-bond acceptors (Lipinski definition) is 2. The van der Waals surface area contributed by atoms with E-state index in [4.69, 9.17) is 0 Å². The third-order valence-corrected chi connectivity index (χ3v) is 5.38. The third kappa shape index (κ3) is 3.20. The van der Waals surface area contributed by atoms with Gasteiger partial charge in [0.25, 0.3) is 0 Å². The van der Waals surface area contributed by atoms with Gasteiger partial charge in [-0.25, -0.2) is 9.18 Å². The van der Waals surface area contributed by atoms with Crippen molar-refractivity contribution in [3.05, 3.63) is 81.8 Å². The van der Waals surface area contributed by atoms with Crippen molar-refractivity contribution in [2.24, 2.45) is 0 Å². The van der Waals surface area contributed by atoms with E-state index in [1.54, 1.807) is 42.5 Å². The lowest BCUT2D eigenvalue weighted by molar-refractivity contribution is -0.132. The summed E-state index contributed by atoms with van der Waals surface area (Å²) in [7, 11) is -1.49. The number of alkyl halides is 1. The van der Waals surface area contributed by atoms with Crippen LogP contribution in [0.2, 0.25) is 0 Å². The molecule has 0 radical (unpaired) electrons. The van der Waals surface area contributed by atoms with Crippen molar-refractivity contribution in [1.29, 1.82) is 0 Å². The molecule has 2 atom stereocenters. The molecule has 0 bridgehead atoms. The van der Waals surface area contributed by atoms with Gasteiger partial charge in [0.2, 0.25) is 0 Å². The first-order valence-electron chi connectivity index (χ1n) is 7.76. The van der Waals surface area contributed by atoms with Crippen LogP contribution in [0.3, 0.4) is 0 Å². The average molecular weight is 356 g/mol. The largest absolute Gasteiger partial charge is 0.478 e. The molecule has 2 aromatic rings. The highest BCUT2D eigenvalue weighted by Crippen LogP contribution is 2.47. The van der Waals surface area contributed by atoms with E-state index in [0.717, 1.165) is 5.56 Å². The standard InChI is InChI=1S/C20H17FO3S/c1-25(24)19-17(12-21)14-9-5-6-10-15(14)18(19)16(20(22)23)11-13-7-3-2-4-8-13/h2-11,18H,12H2,1H3,(H,22,23). The van der Waals surface area contributed by atoms with Crippen molar-refractivity contribution < 1.29 is 18.5 Å². The summed E-state index contributed by atoms with van der Waals surface area (Å²) in [5.74, 6) is -1.82. The SMILES string of the molecule is CS(=O)C1=C(CF)c2ccccc2C1C(=Cc1ccccc1)C(=O)O. The number of allylic oxidation sites excluding steroid dienone is 2. The lowest BCUT2D eigenvalue weighted by Gasteiger charge is -2.17. The normalized spacial score (nSPS) is 18.2. The number of halogens is 1. The Balaban J connectivity index is 2.24. The predicted octanol–water partition coefficient (Wildman–Crippen LogP) is 4.01. The van der Waals surface area contributed by atoms with Gasteiger partial charge < -0.3 is 5.11 Å². The topological polar surface area (TPSA) is 54.4 Å². The van der Waals surface area contributed by atoms with Crippen LogP contribution in [0, 0.1) is 0 Å². The van der Waals surface area contributed by atoms with E-state index in [9.17, 15) is 18.5 Å². The van der Waals surface area contributed by atoms with Crippen LogP contribution >= 0.6 is 0 Å². The van der Waals surface area contributed by atoms with Crippen LogP contribution in [0.15, 0.2) is 65.1 Å². The van der Waals surface area contributed by atoms with Crippen LogP contribution in [0.4, 0.5) is 4.39 Å². The van der Waals surface area contributed by atoms with Crippen molar-refractivity contribution in [3.8, 4) is 0 Å². The van der Waals surface area contributed by atoms with Crippen LogP contribution < -0.4 is 0 Å². The third-order valence-electron chi connectivity index (χ3n) is 4.28. The fourth-order valence-corrected chi connectivity index (χ4v) is 4.35. The molecule has 1 aliphatic rings. The van der Waals surface area contributed by atoms with Gasteiger partial charge in [-0.15, -0.1) is 0 Å². The van der Waals surface area contributed by atoms with Gasteiger partial charge in [-0.2, -0.15) is 0 Å². The van der Waals surface area contributed by atoms with Crippen LogP contribution in [0.5, 0.6) is 0 Å². The van der Waals surface area contributed by atoms with E-state index < -0.39 is 29.4 Å². The molecular weight excluding hydrogens is 339 g/mol. The van der Waals surface area contributed by atoms with Crippen molar-refractivity contribution in [1.82, 2.24) is 0 Å². The van der Waals surface area contributed by atoms with E-state index in [-0.39, 0.29) is 5.57 Å². The highest BCUT2D eigenvalue weighted by Gasteiger charge is 2.37. The second-order valence-corrected chi connectivity index (χ2v) is 7.11. The Morgan fingerprint density at radius 1 is 1.16 bits per heavy atom. The average Bonchev–Trinajstić information content (AvgIpc) is 2.94. The molecule has 0 aromatic heterocycles. The minimum Gasteiger partial charge on any atom is -0.478 e. The van der Waals surface area contributed by atoms with Crippen LogP contribution in [0.25, 0.3) is 11.6 Å². The van der Waals surface area contributed by atoms with Gasteiger partial charge in [0.05, 0.1) is 11.5 Å². The quantitative estimate of drug-likeness (QED) is 0.824. The fourth-order valence-electron chi connectivity index (χ4n) is 3.26. The highest BCUT2D eigenvalue weighted by molar-refractivity contribution is 7.88. The summed E-state index contributed by atoms with van der Waals surface area (Å²) < 4.78 is 26.0. The molecular formula is C20H17FO3S. The summed E-state index contributed by atoms with van der Waals surface area (Å²) in [5.41, 5.74) is 2.48. The summed E-state index contributed by atoms with van der Waals surface area (Å²) in [6.07, 6.45) is 3.03. The number of carbonyl (C=O) groups is 1. The molecule has 0 saturated heterocycles. The molecule has 25 heavy (non-hydrogen) atoms. The van der Waals surface area contributed by atoms with Gasteiger partial charge >= 0.3 is 5.97 Å². The van der Waals surface area contributed by atoms with E-state index in [0.29, 0.717) is 21.6 Å². The Kier molecular flexibility index (Phi) is 4.95.